The molecule has 2 aromatic carbocycles. The van der Waals surface area contributed by atoms with Gasteiger partial charge in [0.15, 0.2) is 0 Å². The monoisotopic (exact) mass is 271 g/mol. The molecule has 98 valence electrons. The van der Waals surface area contributed by atoms with E-state index in [0.717, 1.165) is 11.3 Å². The topological polar surface area (TPSA) is 29.1 Å². The molecule has 0 saturated heterocycles. The van der Waals surface area contributed by atoms with Crippen LogP contribution in [0.4, 0.5) is 0 Å². The number of thioether (sulfide) groups is 1. The lowest BCUT2D eigenvalue weighted by atomic mass is 10.2. The summed E-state index contributed by atoms with van der Waals surface area (Å²) in [5.41, 5.74) is 2.45. The van der Waals surface area contributed by atoms with E-state index in [1.54, 1.807) is 0 Å². The van der Waals surface area contributed by atoms with Crippen molar-refractivity contribution >= 4 is 17.7 Å². The van der Waals surface area contributed by atoms with E-state index in [0.29, 0.717) is 6.54 Å². The molecule has 1 amide bonds. The van der Waals surface area contributed by atoms with Crippen molar-refractivity contribution in [2.45, 2.75) is 24.1 Å². The molecule has 0 fully saturated rings. The quantitative estimate of drug-likeness (QED) is 0.842. The van der Waals surface area contributed by atoms with Crippen LogP contribution in [0.2, 0.25) is 0 Å². The number of carbonyl (C=O) groups excluding carboxylic acids is 1. The van der Waals surface area contributed by atoms with Crippen LogP contribution in [0.15, 0.2) is 59.5 Å². The van der Waals surface area contributed by atoms with Crippen LogP contribution in [0.5, 0.6) is 0 Å². The average molecular weight is 271 g/mol. The first-order chi connectivity index (χ1) is 9.24. The summed E-state index contributed by atoms with van der Waals surface area (Å²) in [5, 5.41) is 2.79. The first kappa shape index (κ1) is 13.7. The second kappa shape index (κ2) is 7.00. The second-order valence-electron chi connectivity index (χ2n) is 4.33. The molecular weight excluding hydrogens is 254 g/mol. The van der Waals surface area contributed by atoms with Gasteiger partial charge < -0.3 is 5.32 Å². The number of hydrogen-bond acceptors (Lipinski definition) is 2. The summed E-state index contributed by atoms with van der Waals surface area (Å²) in [6.45, 7) is 2.13. The van der Waals surface area contributed by atoms with Gasteiger partial charge in [-0.1, -0.05) is 42.5 Å². The van der Waals surface area contributed by atoms with E-state index in [2.05, 4.69) is 53.8 Å². The highest BCUT2D eigenvalue weighted by atomic mass is 32.2. The number of rotatable bonds is 5. The molecule has 0 heterocycles. The van der Waals surface area contributed by atoms with Gasteiger partial charge in [0.05, 0.1) is 0 Å². The second-order valence-corrected chi connectivity index (χ2v) is 5.38. The summed E-state index contributed by atoms with van der Waals surface area (Å²) in [4.78, 5) is 12.1. The fourth-order valence-electron chi connectivity index (χ4n) is 1.67. The first-order valence-electron chi connectivity index (χ1n) is 6.24. The van der Waals surface area contributed by atoms with E-state index in [-0.39, 0.29) is 5.91 Å². The minimum absolute atomic E-state index is 0.00234. The summed E-state index contributed by atoms with van der Waals surface area (Å²) in [5.74, 6) is 0.980. The molecule has 0 aliphatic carbocycles. The number of carbonyl (C=O) groups is 1. The summed E-state index contributed by atoms with van der Waals surface area (Å²) < 4.78 is 0. The average Bonchev–Trinajstić information content (AvgIpc) is 2.45. The fraction of sp³-hybridized carbons (Fsp3) is 0.188. The van der Waals surface area contributed by atoms with Gasteiger partial charge in [0.2, 0.25) is 5.91 Å². The Labute approximate surface area is 118 Å². The van der Waals surface area contributed by atoms with E-state index in [1.807, 2.05) is 17.8 Å². The van der Waals surface area contributed by atoms with Crippen LogP contribution in [-0.2, 0) is 17.1 Å². The van der Waals surface area contributed by atoms with Gasteiger partial charge in [-0.2, -0.15) is 0 Å². The molecule has 1 N–H and O–H groups in total. The van der Waals surface area contributed by atoms with Crippen LogP contribution in [0.1, 0.15) is 18.1 Å². The van der Waals surface area contributed by atoms with Gasteiger partial charge in [0.1, 0.15) is 0 Å². The Morgan fingerprint density at radius 2 is 1.68 bits per heavy atom. The Kier molecular flexibility index (Phi) is 5.04. The highest BCUT2D eigenvalue weighted by Crippen LogP contribution is 2.22. The summed E-state index contributed by atoms with van der Waals surface area (Å²) in [6, 6.07) is 18.8. The van der Waals surface area contributed by atoms with Gasteiger partial charge >= 0.3 is 0 Å². The highest BCUT2D eigenvalue weighted by molar-refractivity contribution is 7.98. The van der Waals surface area contributed by atoms with Crippen LogP contribution in [-0.4, -0.2) is 5.91 Å². The van der Waals surface area contributed by atoms with Gasteiger partial charge in [0.25, 0.3) is 0 Å². The van der Waals surface area contributed by atoms with Gasteiger partial charge in [-0.15, -0.1) is 11.8 Å². The number of hydrogen-bond donors (Lipinski definition) is 1. The van der Waals surface area contributed by atoms with Crippen molar-refractivity contribution < 1.29 is 4.79 Å². The van der Waals surface area contributed by atoms with E-state index >= 15 is 0 Å². The maximum Gasteiger partial charge on any atom is 0.217 e. The lowest BCUT2D eigenvalue weighted by Crippen LogP contribution is -2.18. The fourth-order valence-corrected chi connectivity index (χ4v) is 2.53. The van der Waals surface area contributed by atoms with Crippen LogP contribution in [0.25, 0.3) is 0 Å². The standard InChI is InChI=1S/C16H17NOS/c1-13(18)17-11-14-7-9-16(10-8-14)19-12-15-5-3-2-4-6-15/h2-10H,11-12H2,1H3,(H,17,18). The maximum atomic E-state index is 10.8. The van der Waals surface area contributed by atoms with Crippen molar-refractivity contribution in [2.24, 2.45) is 0 Å². The van der Waals surface area contributed by atoms with Crippen molar-refractivity contribution in [3.8, 4) is 0 Å². The van der Waals surface area contributed by atoms with Crippen molar-refractivity contribution in [2.75, 3.05) is 0 Å². The molecule has 2 aromatic rings. The van der Waals surface area contributed by atoms with Crippen molar-refractivity contribution in [3.05, 3.63) is 65.7 Å². The predicted octanol–water partition coefficient (Wildman–Crippen LogP) is 3.62. The van der Waals surface area contributed by atoms with Crippen LogP contribution >= 0.6 is 11.8 Å². The summed E-state index contributed by atoms with van der Waals surface area (Å²) >= 11 is 1.82. The molecule has 2 nitrogen and oxygen atoms in total. The Hall–Kier alpha value is -1.74. The molecular formula is C16H17NOS. The number of amides is 1. The molecule has 3 heteroatoms. The van der Waals surface area contributed by atoms with E-state index in [4.69, 9.17) is 0 Å². The smallest absolute Gasteiger partial charge is 0.217 e. The molecule has 0 saturated carbocycles. The summed E-state index contributed by atoms with van der Waals surface area (Å²) in [7, 11) is 0. The molecule has 0 aliphatic heterocycles. The molecule has 19 heavy (non-hydrogen) atoms. The molecule has 0 aliphatic rings. The molecule has 0 radical (unpaired) electrons. The van der Waals surface area contributed by atoms with E-state index in [1.165, 1.54) is 17.4 Å². The highest BCUT2D eigenvalue weighted by Gasteiger charge is 1.98. The molecule has 0 aromatic heterocycles. The number of benzene rings is 2. The van der Waals surface area contributed by atoms with Crippen LogP contribution in [0, 0.1) is 0 Å². The van der Waals surface area contributed by atoms with Crippen LogP contribution < -0.4 is 5.32 Å². The molecule has 0 bridgehead atoms. The van der Waals surface area contributed by atoms with Crippen molar-refractivity contribution in [1.29, 1.82) is 0 Å². The Bertz CT molecular complexity index is 522. The largest absolute Gasteiger partial charge is 0.352 e. The molecule has 0 spiro atoms. The minimum atomic E-state index is 0.00234. The molecule has 2 rings (SSSR count). The van der Waals surface area contributed by atoms with Gasteiger partial charge in [-0.05, 0) is 23.3 Å². The van der Waals surface area contributed by atoms with Gasteiger partial charge in [0, 0.05) is 24.1 Å². The zero-order chi connectivity index (χ0) is 13.5. The third-order valence-corrected chi connectivity index (χ3v) is 3.80. The minimum Gasteiger partial charge on any atom is -0.352 e. The third-order valence-electron chi connectivity index (χ3n) is 2.71. The summed E-state index contributed by atoms with van der Waals surface area (Å²) in [6.07, 6.45) is 0. The zero-order valence-corrected chi connectivity index (χ0v) is 11.7. The third kappa shape index (κ3) is 4.79. The van der Waals surface area contributed by atoms with E-state index < -0.39 is 0 Å². The SMILES string of the molecule is CC(=O)NCc1ccc(SCc2ccccc2)cc1. The van der Waals surface area contributed by atoms with Crippen molar-refractivity contribution in [1.82, 2.24) is 5.32 Å². The lowest BCUT2D eigenvalue weighted by Gasteiger charge is -2.05. The van der Waals surface area contributed by atoms with E-state index in [9.17, 15) is 4.79 Å². The normalized spacial score (nSPS) is 10.2. The maximum absolute atomic E-state index is 10.8. The number of nitrogens with one attached hydrogen (secondary N) is 1. The van der Waals surface area contributed by atoms with Gasteiger partial charge in [-0.3, -0.25) is 4.79 Å². The molecule has 0 atom stereocenters. The first-order valence-corrected chi connectivity index (χ1v) is 7.23. The lowest BCUT2D eigenvalue weighted by molar-refractivity contribution is -0.119. The zero-order valence-electron chi connectivity index (χ0n) is 10.9. The Balaban J connectivity index is 1.86. The van der Waals surface area contributed by atoms with Gasteiger partial charge in [-0.25, -0.2) is 0 Å². The Morgan fingerprint density at radius 3 is 2.32 bits per heavy atom. The predicted molar refractivity (Wildman–Crippen MR) is 80.0 cm³/mol. The van der Waals surface area contributed by atoms with Crippen LogP contribution in [0.3, 0.4) is 0 Å². The van der Waals surface area contributed by atoms with Crippen molar-refractivity contribution in [3.63, 3.8) is 0 Å². The molecule has 0 unspecified atom stereocenters. The Morgan fingerprint density at radius 1 is 1.00 bits per heavy atom.